The molecule has 0 bridgehead atoms. The number of halogens is 1. The zero-order chi connectivity index (χ0) is 11.5. The zero-order valence-electron chi connectivity index (χ0n) is 9.11. The largest absolute Gasteiger partial charge is 0.375 e. The van der Waals surface area contributed by atoms with Crippen molar-refractivity contribution in [3.8, 4) is 6.07 Å². The Morgan fingerprint density at radius 3 is 3.06 bits per heavy atom. The van der Waals surface area contributed by atoms with Crippen LogP contribution in [-0.4, -0.2) is 25.8 Å². The number of morpholine rings is 1. The molecule has 1 aliphatic rings. The Bertz CT molecular complexity index is 428. The summed E-state index contributed by atoms with van der Waals surface area (Å²) in [5.41, 5.74) is 0.786. The summed E-state index contributed by atoms with van der Waals surface area (Å²) in [6.07, 6.45) is 0.114. The second-order valence-corrected chi connectivity index (χ2v) is 3.87. The molecule has 1 heterocycles. The van der Waals surface area contributed by atoms with Crippen LogP contribution < -0.4 is 4.90 Å². The summed E-state index contributed by atoms with van der Waals surface area (Å²) in [5, 5.41) is 8.95. The van der Waals surface area contributed by atoms with E-state index in [1.54, 1.807) is 12.1 Å². The fourth-order valence-electron chi connectivity index (χ4n) is 1.92. The molecule has 0 aromatic heterocycles. The Kier molecular flexibility index (Phi) is 3.07. The predicted octanol–water partition coefficient (Wildman–Crippen LogP) is 1.92. The quantitative estimate of drug-likeness (QED) is 0.725. The zero-order valence-corrected chi connectivity index (χ0v) is 9.11. The third-order valence-electron chi connectivity index (χ3n) is 2.69. The summed E-state index contributed by atoms with van der Waals surface area (Å²) in [6, 6.07) is 6.64. The van der Waals surface area contributed by atoms with Gasteiger partial charge in [0, 0.05) is 13.1 Å². The highest BCUT2D eigenvalue weighted by molar-refractivity contribution is 5.60. The molecule has 0 saturated carbocycles. The molecular formula is C12H13FN2O. The first-order valence-corrected chi connectivity index (χ1v) is 5.27. The van der Waals surface area contributed by atoms with Crippen molar-refractivity contribution in [1.29, 1.82) is 5.26 Å². The van der Waals surface area contributed by atoms with E-state index in [1.807, 2.05) is 17.9 Å². The Morgan fingerprint density at radius 2 is 2.38 bits per heavy atom. The second-order valence-electron chi connectivity index (χ2n) is 3.87. The minimum atomic E-state index is -0.459. The van der Waals surface area contributed by atoms with E-state index in [0.29, 0.717) is 25.4 Å². The van der Waals surface area contributed by atoms with Crippen molar-refractivity contribution in [2.45, 2.75) is 13.0 Å². The van der Waals surface area contributed by atoms with Gasteiger partial charge in [-0.3, -0.25) is 0 Å². The topological polar surface area (TPSA) is 36.3 Å². The van der Waals surface area contributed by atoms with Gasteiger partial charge in [0.25, 0.3) is 0 Å². The van der Waals surface area contributed by atoms with Crippen LogP contribution in [0.25, 0.3) is 0 Å². The maximum atomic E-state index is 13.4. The first-order valence-electron chi connectivity index (χ1n) is 5.27. The van der Waals surface area contributed by atoms with E-state index in [2.05, 4.69) is 0 Å². The molecule has 1 atom stereocenters. The smallest absolute Gasteiger partial charge is 0.143 e. The molecule has 2 rings (SSSR count). The molecule has 3 nitrogen and oxygen atoms in total. The van der Waals surface area contributed by atoms with Crippen LogP contribution in [0, 0.1) is 17.1 Å². The van der Waals surface area contributed by atoms with Crippen LogP contribution in [0.4, 0.5) is 10.1 Å². The van der Waals surface area contributed by atoms with Gasteiger partial charge in [0.05, 0.1) is 18.4 Å². The summed E-state index contributed by atoms with van der Waals surface area (Å²) in [4.78, 5) is 2.00. The number of rotatable bonds is 1. The van der Waals surface area contributed by atoms with Crippen molar-refractivity contribution in [2.24, 2.45) is 0 Å². The molecule has 84 valence electrons. The number of anilines is 1. The van der Waals surface area contributed by atoms with E-state index < -0.39 is 5.82 Å². The van der Waals surface area contributed by atoms with Crippen molar-refractivity contribution in [3.63, 3.8) is 0 Å². The highest BCUT2D eigenvalue weighted by Crippen LogP contribution is 2.24. The minimum absolute atomic E-state index is 0.114. The van der Waals surface area contributed by atoms with E-state index in [1.165, 1.54) is 6.07 Å². The number of hydrogen-bond donors (Lipinski definition) is 0. The SMILES string of the molecule is CC1CN(c2cccc(F)c2C#N)CCO1. The summed E-state index contributed by atoms with van der Waals surface area (Å²) >= 11 is 0. The monoisotopic (exact) mass is 220 g/mol. The minimum Gasteiger partial charge on any atom is -0.375 e. The molecule has 1 unspecified atom stereocenters. The van der Waals surface area contributed by atoms with Gasteiger partial charge in [-0.05, 0) is 19.1 Å². The standard InChI is InChI=1S/C12H13FN2O/c1-9-8-15(5-6-16-9)12-4-2-3-11(13)10(12)7-14/h2-4,9H,5-6,8H2,1H3. The average molecular weight is 220 g/mol. The maximum Gasteiger partial charge on any atom is 0.143 e. The fraction of sp³-hybridized carbons (Fsp3) is 0.417. The van der Waals surface area contributed by atoms with Gasteiger partial charge in [0.15, 0.2) is 0 Å². The molecule has 1 aromatic carbocycles. The highest BCUT2D eigenvalue weighted by Gasteiger charge is 2.20. The van der Waals surface area contributed by atoms with Gasteiger partial charge in [-0.15, -0.1) is 0 Å². The molecule has 0 amide bonds. The lowest BCUT2D eigenvalue weighted by Crippen LogP contribution is -2.41. The normalized spacial score (nSPS) is 20.6. The number of benzene rings is 1. The molecule has 16 heavy (non-hydrogen) atoms. The Balaban J connectivity index is 2.33. The van der Waals surface area contributed by atoms with Gasteiger partial charge >= 0.3 is 0 Å². The maximum absolute atomic E-state index is 13.4. The third kappa shape index (κ3) is 2.00. The van der Waals surface area contributed by atoms with Crippen molar-refractivity contribution < 1.29 is 9.13 Å². The lowest BCUT2D eigenvalue weighted by molar-refractivity contribution is 0.0532. The van der Waals surface area contributed by atoms with Gasteiger partial charge in [-0.2, -0.15) is 5.26 Å². The van der Waals surface area contributed by atoms with Crippen LogP contribution in [-0.2, 0) is 4.74 Å². The van der Waals surface area contributed by atoms with Crippen molar-refractivity contribution >= 4 is 5.69 Å². The molecule has 1 saturated heterocycles. The molecule has 4 heteroatoms. The second kappa shape index (κ2) is 4.50. The number of nitriles is 1. The lowest BCUT2D eigenvalue weighted by atomic mass is 10.1. The van der Waals surface area contributed by atoms with Crippen LogP contribution in [0.5, 0.6) is 0 Å². The van der Waals surface area contributed by atoms with E-state index >= 15 is 0 Å². The molecule has 1 fully saturated rings. The van der Waals surface area contributed by atoms with Gasteiger partial charge in [0.1, 0.15) is 17.4 Å². The van der Waals surface area contributed by atoms with Crippen LogP contribution in [0.3, 0.4) is 0 Å². The van der Waals surface area contributed by atoms with Gasteiger partial charge in [0.2, 0.25) is 0 Å². The van der Waals surface area contributed by atoms with E-state index in [4.69, 9.17) is 10.00 Å². The van der Waals surface area contributed by atoms with Gasteiger partial charge in [-0.25, -0.2) is 4.39 Å². The Hall–Kier alpha value is -1.60. The molecule has 1 aliphatic heterocycles. The average Bonchev–Trinajstić information content (AvgIpc) is 2.28. The summed E-state index contributed by atoms with van der Waals surface area (Å²) in [7, 11) is 0. The molecule has 0 radical (unpaired) electrons. The van der Waals surface area contributed by atoms with E-state index in [-0.39, 0.29) is 11.7 Å². The summed E-state index contributed by atoms with van der Waals surface area (Å²) in [5.74, 6) is -0.459. The van der Waals surface area contributed by atoms with Crippen LogP contribution in [0.2, 0.25) is 0 Å². The van der Waals surface area contributed by atoms with E-state index in [9.17, 15) is 4.39 Å². The summed E-state index contributed by atoms with van der Waals surface area (Å²) < 4.78 is 18.8. The van der Waals surface area contributed by atoms with Crippen molar-refractivity contribution in [1.82, 2.24) is 0 Å². The summed E-state index contributed by atoms with van der Waals surface area (Å²) in [6.45, 7) is 3.97. The Labute approximate surface area is 94.0 Å². The van der Waals surface area contributed by atoms with Crippen LogP contribution in [0.15, 0.2) is 18.2 Å². The molecule has 0 spiro atoms. The molecule has 0 N–H and O–H groups in total. The number of hydrogen-bond acceptors (Lipinski definition) is 3. The predicted molar refractivity (Wildman–Crippen MR) is 58.7 cm³/mol. The van der Waals surface area contributed by atoms with Crippen LogP contribution >= 0.6 is 0 Å². The molecular weight excluding hydrogens is 207 g/mol. The fourth-order valence-corrected chi connectivity index (χ4v) is 1.92. The van der Waals surface area contributed by atoms with Gasteiger partial charge in [-0.1, -0.05) is 6.07 Å². The molecule has 1 aromatic rings. The van der Waals surface area contributed by atoms with Crippen molar-refractivity contribution in [3.05, 3.63) is 29.6 Å². The lowest BCUT2D eigenvalue weighted by Gasteiger charge is -2.33. The highest BCUT2D eigenvalue weighted by atomic mass is 19.1. The third-order valence-corrected chi connectivity index (χ3v) is 2.69. The number of nitrogens with zero attached hydrogens (tertiary/aromatic N) is 2. The van der Waals surface area contributed by atoms with Crippen molar-refractivity contribution in [2.75, 3.05) is 24.6 Å². The van der Waals surface area contributed by atoms with E-state index in [0.717, 1.165) is 0 Å². The van der Waals surface area contributed by atoms with Gasteiger partial charge < -0.3 is 9.64 Å². The molecule has 0 aliphatic carbocycles. The Morgan fingerprint density at radius 1 is 1.56 bits per heavy atom. The first kappa shape index (κ1) is 10.9. The van der Waals surface area contributed by atoms with Crippen LogP contribution in [0.1, 0.15) is 12.5 Å². The first-order chi connectivity index (χ1) is 7.72. The number of ether oxygens (including phenoxy) is 1.